The summed E-state index contributed by atoms with van der Waals surface area (Å²) in [5, 5.41) is 6.10. The molecule has 2 N–H and O–H groups in total. The summed E-state index contributed by atoms with van der Waals surface area (Å²) < 4.78 is 4.61. The number of anilines is 1. The quantitative estimate of drug-likeness (QED) is 0.817. The minimum atomic E-state index is -0.270. The smallest absolute Gasteiger partial charge is 0.309 e. The van der Waals surface area contributed by atoms with Crippen LogP contribution in [0.1, 0.15) is 24.8 Å². The average Bonchev–Trinajstić information content (AvgIpc) is 2.50. The lowest BCUT2D eigenvalue weighted by Crippen LogP contribution is -2.43. The van der Waals surface area contributed by atoms with Gasteiger partial charge in [-0.05, 0) is 37.1 Å². The second-order valence-corrected chi connectivity index (χ2v) is 4.94. The molecular formula is C15H20N2O3. The fourth-order valence-corrected chi connectivity index (χ4v) is 2.25. The Bertz CT molecular complexity index is 465. The van der Waals surface area contributed by atoms with Gasteiger partial charge in [0.15, 0.2) is 0 Å². The van der Waals surface area contributed by atoms with Gasteiger partial charge in [0.05, 0.1) is 19.6 Å². The second kappa shape index (κ2) is 7.05. The maximum atomic E-state index is 12.0. The van der Waals surface area contributed by atoms with Crippen molar-refractivity contribution in [2.24, 2.45) is 0 Å². The number of hydrogen-bond acceptors (Lipinski definition) is 4. The van der Waals surface area contributed by atoms with Crippen LogP contribution in [-0.2, 0) is 20.7 Å². The van der Waals surface area contributed by atoms with E-state index in [0.717, 1.165) is 37.1 Å². The second-order valence-electron chi connectivity index (χ2n) is 4.94. The van der Waals surface area contributed by atoms with Gasteiger partial charge in [0.2, 0.25) is 5.91 Å². The van der Waals surface area contributed by atoms with Crippen LogP contribution in [0.2, 0.25) is 0 Å². The Kier molecular flexibility index (Phi) is 5.12. The van der Waals surface area contributed by atoms with Crippen molar-refractivity contribution in [3.63, 3.8) is 0 Å². The van der Waals surface area contributed by atoms with E-state index in [9.17, 15) is 9.59 Å². The zero-order valence-electron chi connectivity index (χ0n) is 11.6. The Labute approximate surface area is 118 Å². The number of esters is 1. The molecule has 108 valence electrons. The van der Waals surface area contributed by atoms with Gasteiger partial charge in [-0.15, -0.1) is 0 Å². The van der Waals surface area contributed by atoms with Crippen LogP contribution in [0.25, 0.3) is 0 Å². The molecule has 1 fully saturated rings. The summed E-state index contributed by atoms with van der Waals surface area (Å²) in [6.45, 7) is 0.899. The third-order valence-corrected chi connectivity index (χ3v) is 3.42. The molecular weight excluding hydrogens is 256 g/mol. The third kappa shape index (κ3) is 4.06. The van der Waals surface area contributed by atoms with E-state index in [1.807, 2.05) is 12.1 Å². The maximum Gasteiger partial charge on any atom is 0.309 e. The Morgan fingerprint density at radius 3 is 2.65 bits per heavy atom. The summed E-state index contributed by atoms with van der Waals surface area (Å²) >= 11 is 0. The molecule has 1 aliphatic rings. The fourth-order valence-electron chi connectivity index (χ4n) is 2.25. The van der Waals surface area contributed by atoms with Crippen molar-refractivity contribution in [1.82, 2.24) is 5.32 Å². The van der Waals surface area contributed by atoms with Crippen LogP contribution in [0.5, 0.6) is 0 Å². The van der Waals surface area contributed by atoms with Crippen LogP contribution in [0, 0.1) is 0 Å². The van der Waals surface area contributed by atoms with Gasteiger partial charge in [0.25, 0.3) is 0 Å². The normalized spacial score (nSPS) is 18.4. The summed E-state index contributed by atoms with van der Waals surface area (Å²) in [7, 11) is 1.37. The molecule has 1 atom stereocenters. The molecule has 2 rings (SSSR count). The lowest BCUT2D eigenvalue weighted by Gasteiger charge is -2.22. The molecule has 0 spiro atoms. The van der Waals surface area contributed by atoms with Crippen molar-refractivity contribution in [2.75, 3.05) is 19.0 Å². The van der Waals surface area contributed by atoms with Crippen LogP contribution in [0.4, 0.5) is 5.69 Å². The van der Waals surface area contributed by atoms with Crippen LogP contribution in [0.15, 0.2) is 24.3 Å². The molecule has 1 amide bonds. The Morgan fingerprint density at radius 2 is 2.05 bits per heavy atom. The predicted octanol–water partition coefficient (Wildman–Crippen LogP) is 1.48. The lowest BCUT2D eigenvalue weighted by molar-refractivity contribution is -0.139. The molecule has 1 aromatic rings. The van der Waals surface area contributed by atoms with E-state index in [4.69, 9.17) is 0 Å². The molecule has 1 saturated heterocycles. The summed E-state index contributed by atoms with van der Waals surface area (Å²) in [6.07, 6.45) is 3.34. The van der Waals surface area contributed by atoms with Crippen molar-refractivity contribution < 1.29 is 14.3 Å². The van der Waals surface area contributed by atoms with E-state index in [-0.39, 0.29) is 24.3 Å². The maximum absolute atomic E-state index is 12.0. The number of hydrogen-bond donors (Lipinski definition) is 2. The molecule has 0 aromatic heterocycles. The van der Waals surface area contributed by atoms with Gasteiger partial charge in [-0.2, -0.15) is 0 Å². The summed E-state index contributed by atoms with van der Waals surface area (Å²) in [5.74, 6) is -0.265. The first-order valence-electron chi connectivity index (χ1n) is 6.89. The van der Waals surface area contributed by atoms with Crippen LogP contribution in [-0.4, -0.2) is 31.6 Å². The molecule has 1 aromatic carbocycles. The first-order chi connectivity index (χ1) is 9.69. The molecule has 1 unspecified atom stereocenters. The third-order valence-electron chi connectivity index (χ3n) is 3.42. The minimum absolute atomic E-state index is 0.00502. The van der Waals surface area contributed by atoms with Gasteiger partial charge in [-0.3, -0.25) is 9.59 Å². The Hall–Kier alpha value is -1.88. The number of ether oxygens (including phenoxy) is 1. The summed E-state index contributed by atoms with van der Waals surface area (Å²) in [5.41, 5.74) is 1.61. The van der Waals surface area contributed by atoms with E-state index in [1.54, 1.807) is 12.1 Å². The van der Waals surface area contributed by atoms with E-state index in [0.29, 0.717) is 0 Å². The van der Waals surface area contributed by atoms with Gasteiger partial charge < -0.3 is 15.4 Å². The largest absolute Gasteiger partial charge is 0.469 e. The van der Waals surface area contributed by atoms with Crippen LogP contribution >= 0.6 is 0 Å². The van der Waals surface area contributed by atoms with E-state index < -0.39 is 0 Å². The van der Waals surface area contributed by atoms with Crippen LogP contribution < -0.4 is 10.6 Å². The van der Waals surface area contributed by atoms with E-state index in [2.05, 4.69) is 15.4 Å². The molecule has 1 heterocycles. The standard InChI is InChI=1S/C15H20N2O3/c1-20-14(18)10-11-5-7-12(8-6-11)17-15(19)13-4-2-3-9-16-13/h5-8,13,16H,2-4,9-10H2,1H3,(H,17,19). The highest BCUT2D eigenvalue weighted by molar-refractivity contribution is 5.94. The van der Waals surface area contributed by atoms with Crippen molar-refractivity contribution in [3.05, 3.63) is 29.8 Å². The zero-order chi connectivity index (χ0) is 14.4. The van der Waals surface area contributed by atoms with Gasteiger partial charge in [0.1, 0.15) is 0 Å². The summed E-state index contributed by atoms with van der Waals surface area (Å²) in [6, 6.07) is 7.15. The molecule has 5 nitrogen and oxygen atoms in total. The van der Waals surface area contributed by atoms with Crippen LogP contribution in [0.3, 0.4) is 0 Å². The average molecular weight is 276 g/mol. The Morgan fingerprint density at radius 1 is 1.30 bits per heavy atom. The fraction of sp³-hybridized carbons (Fsp3) is 0.467. The molecule has 20 heavy (non-hydrogen) atoms. The predicted molar refractivity (Wildman–Crippen MR) is 76.4 cm³/mol. The number of rotatable bonds is 4. The van der Waals surface area contributed by atoms with E-state index in [1.165, 1.54) is 7.11 Å². The molecule has 0 aliphatic carbocycles. The molecule has 1 aliphatic heterocycles. The number of nitrogens with one attached hydrogen (secondary N) is 2. The first-order valence-corrected chi connectivity index (χ1v) is 6.89. The minimum Gasteiger partial charge on any atom is -0.469 e. The number of piperidine rings is 1. The topological polar surface area (TPSA) is 67.4 Å². The monoisotopic (exact) mass is 276 g/mol. The molecule has 0 bridgehead atoms. The highest BCUT2D eigenvalue weighted by atomic mass is 16.5. The van der Waals surface area contributed by atoms with Gasteiger partial charge in [-0.1, -0.05) is 18.6 Å². The van der Waals surface area contributed by atoms with Crippen molar-refractivity contribution >= 4 is 17.6 Å². The van der Waals surface area contributed by atoms with Gasteiger partial charge in [0, 0.05) is 5.69 Å². The van der Waals surface area contributed by atoms with E-state index >= 15 is 0 Å². The lowest BCUT2D eigenvalue weighted by atomic mass is 10.0. The van der Waals surface area contributed by atoms with Crippen molar-refractivity contribution in [1.29, 1.82) is 0 Å². The van der Waals surface area contributed by atoms with Gasteiger partial charge in [-0.25, -0.2) is 0 Å². The van der Waals surface area contributed by atoms with Gasteiger partial charge >= 0.3 is 5.97 Å². The Balaban J connectivity index is 1.89. The number of methoxy groups -OCH3 is 1. The first kappa shape index (κ1) is 14.5. The number of carbonyl (C=O) groups excluding carboxylic acids is 2. The number of benzene rings is 1. The molecule has 0 saturated carbocycles. The zero-order valence-corrected chi connectivity index (χ0v) is 11.6. The van der Waals surface area contributed by atoms with Crippen molar-refractivity contribution in [2.45, 2.75) is 31.7 Å². The highest BCUT2D eigenvalue weighted by Gasteiger charge is 2.20. The van der Waals surface area contributed by atoms with Crippen molar-refractivity contribution in [3.8, 4) is 0 Å². The summed E-state index contributed by atoms with van der Waals surface area (Å²) in [4.78, 5) is 23.2. The number of carbonyl (C=O) groups is 2. The number of amides is 1. The SMILES string of the molecule is COC(=O)Cc1ccc(NC(=O)C2CCCCN2)cc1. The molecule has 5 heteroatoms. The highest BCUT2D eigenvalue weighted by Crippen LogP contribution is 2.13. The molecule has 0 radical (unpaired) electrons.